The molecule has 0 amide bonds. The number of anilines is 2. The van der Waals surface area contributed by atoms with E-state index >= 15 is 0 Å². The Morgan fingerprint density at radius 2 is 1.94 bits per heavy atom. The first-order chi connectivity index (χ1) is 15.8. The predicted octanol–water partition coefficient (Wildman–Crippen LogP) is 2.49. The number of aromatic nitrogens is 4. The minimum Gasteiger partial charge on any atom is -0.396 e. The Morgan fingerprint density at radius 1 is 1.15 bits per heavy atom. The van der Waals surface area contributed by atoms with Crippen LogP contribution in [-0.2, 0) is 0 Å². The number of thiazole rings is 1. The van der Waals surface area contributed by atoms with Gasteiger partial charge in [-0.3, -0.25) is 4.98 Å². The second-order valence-corrected chi connectivity index (χ2v) is 10.4. The van der Waals surface area contributed by atoms with Crippen LogP contribution in [0, 0.1) is 25.7 Å². The highest BCUT2D eigenvalue weighted by atomic mass is 32.1. The maximum atomic E-state index is 10.6. The molecule has 0 aliphatic heterocycles. The molecule has 10 heteroatoms. The summed E-state index contributed by atoms with van der Waals surface area (Å²) < 4.78 is 1.03. The van der Waals surface area contributed by atoms with Gasteiger partial charge in [0, 0.05) is 24.3 Å². The maximum Gasteiger partial charge on any atom is 0.225 e. The second-order valence-electron chi connectivity index (χ2n) is 9.35. The highest BCUT2D eigenvalue weighted by molar-refractivity contribution is 7.21. The van der Waals surface area contributed by atoms with Crippen LogP contribution < -0.4 is 10.6 Å². The SMILES string of the molecule is Cc1cc2sc(-c3c(C)nc(N[C@H](C)C4CC4)nc3N[C@@H]3C[C@H](CO)[C@@H](O)[C@H]3O)nc2cn1. The molecule has 9 nitrogen and oxygen atoms in total. The van der Waals surface area contributed by atoms with Crippen molar-refractivity contribution >= 4 is 33.3 Å². The van der Waals surface area contributed by atoms with Crippen LogP contribution in [0.3, 0.4) is 0 Å². The van der Waals surface area contributed by atoms with E-state index in [0.717, 1.165) is 32.2 Å². The molecule has 0 bridgehead atoms. The summed E-state index contributed by atoms with van der Waals surface area (Å²) in [5, 5.41) is 38.0. The molecule has 2 fully saturated rings. The van der Waals surface area contributed by atoms with Crippen molar-refractivity contribution in [2.45, 2.75) is 64.3 Å². The van der Waals surface area contributed by atoms with Gasteiger partial charge >= 0.3 is 0 Å². The van der Waals surface area contributed by atoms with E-state index in [4.69, 9.17) is 15.0 Å². The molecule has 3 aromatic heterocycles. The van der Waals surface area contributed by atoms with Gasteiger partial charge in [-0.1, -0.05) is 0 Å². The first kappa shape index (κ1) is 22.4. The predicted molar refractivity (Wildman–Crippen MR) is 128 cm³/mol. The number of nitrogens with zero attached hydrogens (tertiary/aromatic N) is 4. The summed E-state index contributed by atoms with van der Waals surface area (Å²) in [4.78, 5) is 18.6. The topological polar surface area (TPSA) is 136 Å². The molecule has 0 saturated heterocycles. The van der Waals surface area contributed by atoms with E-state index in [1.165, 1.54) is 12.8 Å². The van der Waals surface area contributed by atoms with Crippen LogP contribution in [0.25, 0.3) is 20.8 Å². The van der Waals surface area contributed by atoms with Crippen LogP contribution in [0.4, 0.5) is 11.8 Å². The number of rotatable bonds is 7. The number of nitrogens with one attached hydrogen (secondary N) is 2. The molecule has 0 aromatic carbocycles. The van der Waals surface area contributed by atoms with E-state index in [-0.39, 0.29) is 18.6 Å². The molecule has 0 unspecified atom stereocenters. The average molecular weight is 471 g/mol. The van der Waals surface area contributed by atoms with Gasteiger partial charge in [0.05, 0.1) is 34.3 Å². The smallest absolute Gasteiger partial charge is 0.225 e. The molecule has 0 radical (unpaired) electrons. The molecule has 5 atom stereocenters. The number of aliphatic hydroxyl groups excluding tert-OH is 3. The van der Waals surface area contributed by atoms with Gasteiger partial charge in [-0.05, 0) is 52.0 Å². The Kier molecular flexibility index (Phi) is 5.94. The van der Waals surface area contributed by atoms with Crippen LogP contribution in [-0.4, -0.2) is 66.2 Å². The normalized spacial score (nSPS) is 26.0. The summed E-state index contributed by atoms with van der Waals surface area (Å²) in [7, 11) is 0. The van der Waals surface area contributed by atoms with Crippen LogP contribution >= 0.6 is 11.3 Å². The lowest BCUT2D eigenvalue weighted by atomic mass is 10.1. The Bertz CT molecular complexity index is 1170. The molecule has 0 spiro atoms. The van der Waals surface area contributed by atoms with E-state index < -0.39 is 18.2 Å². The molecule has 3 aromatic rings. The van der Waals surface area contributed by atoms with E-state index in [1.54, 1.807) is 17.5 Å². The van der Waals surface area contributed by atoms with Gasteiger partial charge in [0.1, 0.15) is 22.4 Å². The molecule has 5 rings (SSSR count). The first-order valence-corrected chi connectivity index (χ1v) is 12.3. The van der Waals surface area contributed by atoms with Crippen LogP contribution in [0.5, 0.6) is 0 Å². The molecule has 176 valence electrons. The number of aryl methyl sites for hydroxylation is 2. The van der Waals surface area contributed by atoms with E-state index in [9.17, 15) is 15.3 Å². The minimum atomic E-state index is -1.01. The van der Waals surface area contributed by atoms with Gasteiger partial charge in [-0.2, -0.15) is 4.98 Å². The Morgan fingerprint density at radius 3 is 2.64 bits per heavy atom. The quantitative estimate of drug-likeness (QED) is 0.353. The monoisotopic (exact) mass is 470 g/mol. The van der Waals surface area contributed by atoms with Crippen molar-refractivity contribution in [2.75, 3.05) is 17.2 Å². The van der Waals surface area contributed by atoms with Crippen molar-refractivity contribution < 1.29 is 15.3 Å². The van der Waals surface area contributed by atoms with Crippen molar-refractivity contribution in [3.05, 3.63) is 23.7 Å². The maximum absolute atomic E-state index is 10.6. The zero-order valence-corrected chi connectivity index (χ0v) is 19.8. The lowest BCUT2D eigenvalue weighted by Gasteiger charge is -2.22. The van der Waals surface area contributed by atoms with Crippen molar-refractivity contribution in [3.63, 3.8) is 0 Å². The van der Waals surface area contributed by atoms with Crippen LogP contribution in [0.2, 0.25) is 0 Å². The Balaban J connectivity index is 1.54. The standard InChI is InChI=1S/C23H30N6O3S/c1-10-6-17-16(8-24-10)28-22(33-17)18-12(3)26-23(25-11(2)13-4-5-13)29-21(18)27-15-7-14(9-30)19(31)20(15)32/h6,8,11,13-15,19-20,30-32H,4-5,7,9H2,1-3H3,(H2,25,26,27,29)/t11-,14-,15-,19-,20+/m1/s1. The van der Waals surface area contributed by atoms with Gasteiger partial charge in [0.15, 0.2) is 0 Å². The number of aliphatic hydroxyl groups is 3. The van der Waals surface area contributed by atoms with Crippen molar-refractivity contribution in [3.8, 4) is 10.6 Å². The number of pyridine rings is 1. The Hall–Kier alpha value is -2.40. The molecule has 2 saturated carbocycles. The molecule has 3 heterocycles. The number of fused-ring (bicyclic) bond motifs is 1. The first-order valence-electron chi connectivity index (χ1n) is 11.5. The van der Waals surface area contributed by atoms with Gasteiger partial charge < -0.3 is 26.0 Å². The van der Waals surface area contributed by atoms with Gasteiger partial charge in [-0.25, -0.2) is 9.97 Å². The second kappa shape index (κ2) is 8.75. The molecule has 5 N–H and O–H groups in total. The molecule has 2 aliphatic carbocycles. The average Bonchev–Trinajstić information content (AvgIpc) is 3.50. The lowest BCUT2D eigenvalue weighted by Crippen LogP contribution is -2.36. The number of hydrogen-bond donors (Lipinski definition) is 5. The van der Waals surface area contributed by atoms with Crippen molar-refractivity contribution in [2.24, 2.45) is 11.8 Å². The van der Waals surface area contributed by atoms with Gasteiger partial charge in [-0.15, -0.1) is 11.3 Å². The van der Waals surface area contributed by atoms with E-state index in [1.807, 2.05) is 19.9 Å². The van der Waals surface area contributed by atoms with E-state index in [2.05, 4.69) is 22.5 Å². The highest BCUT2D eigenvalue weighted by Gasteiger charge is 2.41. The lowest BCUT2D eigenvalue weighted by molar-refractivity contribution is 0.00446. The summed E-state index contributed by atoms with van der Waals surface area (Å²) in [6, 6.07) is 1.84. The van der Waals surface area contributed by atoms with Crippen molar-refractivity contribution in [1.29, 1.82) is 0 Å². The third-order valence-electron chi connectivity index (χ3n) is 6.76. The van der Waals surface area contributed by atoms with Gasteiger partial charge in [0.25, 0.3) is 0 Å². The third kappa shape index (κ3) is 4.40. The molecular formula is C23H30N6O3S. The van der Waals surface area contributed by atoms with Gasteiger partial charge in [0.2, 0.25) is 5.95 Å². The number of hydrogen-bond acceptors (Lipinski definition) is 10. The van der Waals surface area contributed by atoms with Crippen molar-refractivity contribution in [1.82, 2.24) is 19.9 Å². The van der Waals surface area contributed by atoms with E-state index in [0.29, 0.717) is 24.1 Å². The third-order valence-corrected chi connectivity index (χ3v) is 7.80. The summed E-state index contributed by atoms with van der Waals surface area (Å²) in [6.45, 7) is 5.85. The summed E-state index contributed by atoms with van der Waals surface area (Å²) in [5.74, 6) is 1.35. The fourth-order valence-corrected chi connectivity index (χ4v) is 5.71. The largest absolute Gasteiger partial charge is 0.396 e. The highest BCUT2D eigenvalue weighted by Crippen LogP contribution is 2.39. The summed E-state index contributed by atoms with van der Waals surface area (Å²) in [5.41, 5.74) is 3.28. The minimum absolute atomic E-state index is 0.179. The zero-order chi connectivity index (χ0) is 23.3. The fraction of sp³-hybridized carbons (Fsp3) is 0.565. The van der Waals surface area contributed by atoms with Crippen LogP contribution in [0.15, 0.2) is 12.3 Å². The molecule has 2 aliphatic rings. The summed E-state index contributed by atoms with van der Waals surface area (Å²) >= 11 is 1.55. The van der Waals surface area contributed by atoms with Crippen LogP contribution in [0.1, 0.15) is 37.6 Å². The molecule has 33 heavy (non-hydrogen) atoms. The summed E-state index contributed by atoms with van der Waals surface area (Å²) in [6.07, 6.45) is 2.64. The Labute approximate surface area is 196 Å². The fourth-order valence-electron chi connectivity index (χ4n) is 4.58. The zero-order valence-electron chi connectivity index (χ0n) is 19.0. The molecular weight excluding hydrogens is 440 g/mol.